The lowest BCUT2D eigenvalue weighted by Gasteiger charge is -2.35. The quantitative estimate of drug-likeness (QED) is 0.863. The number of nitrogens with one attached hydrogen (secondary N) is 1. The standard InChI is InChI=1S/C19H23N3O2/c1-10-11(2)19(24)22(3)16-8-7-12(9-15(10)16)17-13-5-4-6-14(13)18(23)21-20-17/h7-11,13-14H,4-6H2,1-3H3,(H,21,23). The lowest BCUT2D eigenvalue weighted by atomic mass is 9.80. The second-order valence-electron chi connectivity index (χ2n) is 7.37. The molecule has 1 N–H and O–H groups in total. The summed E-state index contributed by atoms with van der Waals surface area (Å²) in [5.74, 6) is 0.681. The normalized spacial score (nSPS) is 32.1. The Labute approximate surface area is 142 Å². The zero-order valence-corrected chi connectivity index (χ0v) is 14.4. The Kier molecular flexibility index (Phi) is 3.48. The topological polar surface area (TPSA) is 61.8 Å². The fourth-order valence-corrected chi connectivity index (χ4v) is 4.45. The first kappa shape index (κ1) is 15.4. The van der Waals surface area contributed by atoms with Crippen LogP contribution in [0.1, 0.15) is 50.2 Å². The van der Waals surface area contributed by atoms with Crippen molar-refractivity contribution in [3.63, 3.8) is 0 Å². The molecule has 4 rings (SSSR count). The Morgan fingerprint density at radius 2 is 1.88 bits per heavy atom. The highest BCUT2D eigenvalue weighted by Gasteiger charge is 2.40. The number of hydrogen-bond donors (Lipinski definition) is 1. The van der Waals surface area contributed by atoms with Crippen LogP contribution >= 0.6 is 0 Å². The molecule has 0 saturated heterocycles. The predicted molar refractivity (Wildman–Crippen MR) is 92.9 cm³/mol. The highest BCUT2D eigenvalue weighted by molar-refractivity contribution is 6.08. The van der Waals surface area contributed by atoms with Gasteiger partial charge in [-0.1, -0.05) is 26.3 Å². The van der Waals surface area contributed by atoms with Crippen molar-refractivity contribution < 1.29 is 9.59 Å². The summed E-state index contributed by atoms with van der Waals surface area (Å²) >= 11 is 0. The molecule has 2 aliphatic heterocycles. The highest BCUT2D eigenvalue weighted by Crippen LogP contribution is 2.41. The van der Waals surface area contributed by atoms with Gasteiger partial charge < -0.3 is 4.90 Å². The van der Waals surface area contributed by atoms with E-state index in [4.69, 9.17) is 0 Å². The third kappa shape index (κ3) is 2.10. The maximum Gasteiger partial charge on any atom is 0.243 e. The number of hydrazone groups is 1. The third-order valence-electron chi connectivity index (χ3n) is 6.14. The van der Waals surface area contributed by atoms with Crippen LogP contribution in [0.5, 0.6) is 0 Å². The van der Waals surface area contributed by atoms with Crippen LogP contribution in [0, 0.1) is 17.8 Å². The Bertz CT molecular complexity index is 755. The van der Waals surface area contributed by atoms with Crippen LogP contribution in [0.25, 0.3) is 0 Å². The lowest BCUT2D eigenvalue weighted by Crippen LogP contribution is -2.40. The van der Waals surface area contributed by atoms with E-state index in [0.29, 0.717) is 0 Å². The summed E-state index contributed by atoms with van der Waals surface area (Å²) in [5.41, 5.74) is 6.95. The molecule has 2 amide bonds. The number of carbonyl (C=O) groups excluding carboxylic acids is 2. The predicted octanol–water partition coefficient (Wildman–Crippen LogP) is 2.65. The molecular weight excluding hydrogens is 302 g/mol. The van der Waals surface area contributed by atoms with E-state index >= 15 is 0 Å². The first-order valence-corrected chi connectivity index (χ1v) is 8.78. The van der Waals surface area contributed by atoms with Gasteiger partial charge in [-0.15, -0.1) is 0 Å². The summed E-state index contributed by atoms with van der Waals surface area (Å²) < 4.78 is 0. The summed E-state index contributed by atoms with van der Waals surface area (Å²) in [7, 11) is 1.84. The molecule has 1 aliphatic carbocycles. The molecule has 1 aromatic carbocycles. The molecule has 0 radical (unpaired) electrons. The number of hydrogen-bond acceptors (Lipinski definition) is 3. The van der Waals surface area contributed by atoms with Crippen molar-refractivity contribution in [1.82, 2.24) is 5.43 Å². The van der Waals surface area contributed by atoms with Gasteiger partial charge in [-0.3, -0.25) is 9.59 Å². The molecule has 2 heterocycles. The Hall–Kier alpha value is -2.17. The molecule has 0 bridgehead atoms. The van der Waals surface area contributed by atoms with Crippen molar-refractivity contribution in [3.05, 3.63) is 29.3 Å². The van der Waals surface area contributed by atoms with Crippen molar-refractivity contribution in [2.45, 2.75) is 39.0 Å². The summed E-state index contributed by atoms with van der Waals surface area (Å²) in [6.07, 6.45) is 3.06. The van der Waals surface area contributed by atoms with Crippen LogP contribution < -0.4 is 10.3 Å². The minimum absolute atomic E-state index is 0.0232. The molecule has 1 saturated carbocycles. The Balaban J connectivity index is 1.76. The molecule has 0 aromatic heterocycles. The average molecular weight is 325 g/mol. The van der Waals surface area contributed by atoms with E-state index in [0.717, 1.165) is 36.2 Å². The zero-order valence-electron chi connectivity index (χ0n) is 14.4. The maximum absolute atomic E-state index is 12.3. The number of amides is 2. The average Bonchev–Trinajstić information content (AvgIpc) is 3.08. The molecule has 5 nitrogen and oxygen atoms in total. The number of fused-ring (bicyclic) bond motifs is 2. The van der Waals surface area contributed by atoms with E-state index in [-0.39, 0.29) is 35.5 Å². The SMILES string of the molecule is CC1C(=O)N(C)c2ccc(C3=NNC(=O)C4CCCC34)cc2C1C. The molecule has 0 spiro atoms. The number of carbonyl (C=O) groups is 2. The Morgan fingerprint density at radius 1 is 1.12 bits per heavy atom. The summed E-state index contributed by atoms with van der Waals surface area (Å²) in [6.45, 7) is 4.10. The number of nitrogens with zero attached hydrogens (tertiary/aromatic N) is 2. The van der Waals surface area contributed by atoms with Gasteiger partial charge in [0, 0.05) is 30.5 Å². The van der Waals surface area contributed by atoms with Gasteiger partial charge in [0.15, 0.2) is 0 Å². The molecule has 126 valence electrons. The van der Waals surface area contributed by atoms with Gasteiger partial charge >= 0.3 is 0 Å². The number of rotatable bonds is 1. The first-order chi connectivity index (χ1) is 11.5. The fourth-order valence-electron chi connectivity index (χ4n) is 4.45. The van der Waals surface area contributed by atoms with Gasteiger partial charge in [0.1, 0.15) is 0 Å². The van der Waals surface area contributed by atoms with Crippen LogP contribution in [-0.2, 0) is 9.59 Å². The molecular formula is C19H23N3O2. The molecule has 5 heteroatoms. The monoisotopic (exact) mass is 325 g/mol. The van der Waals surface area contributed by atoms with Crippen LogP contribution in [0.4, 0.5) is 5.69 Å². The van der Waals surface area contributed by atoms with E-state index < -0.39 is 0 Å². The maximum atomic E-state index is 12.3. The fraction of sp³-hybridized carbons (Fsp3) is 0.526. The third-order valence-corrected chi connectivity index (χ3v) is 6.14. The second-order valence-corrected chi connectivity index (χ2v) is 7.37. The van der Waals surface area contributed by atoms with Crippen molar-refractivity contribution in [1.29, 1.82) is 0 Å². The zero-order chi connectivity index (χ0) is 17.0. The van der Waals surface area contributed by atoms with E-state index in [1.54, 1.807) is 4.90 Å². The van der Waals surface area contributed by atoms with E-state index in [2.05, 4.69) is 23.5 Å². The van der Waals surface area contributed by atoms with Gasteiger partial charge in [-0.25, -0.2) is 5.43 Å². The van der Waals surface area contributed by atoms with Gasteiger partial charge in [0.05, 0.1) is 5.71 Å². The van der Waals surface area contributed by atoms with Gasteiger partial charge in [0.2, 0.25) is 11.8 Å². The van der Waals surface area contributed by atoms with Crippen molar-refractivity contribution in [2.24, 2.45) is 22.9 Å². The van der Waals surface area contributed by atoms with Gasteiger partial charge in [0.25, 0.3) is 0 Å². The highest BCUT2D eigenvalue weighted by atomic mass is 16.2. The molecule has 4 atom stereocenters. The molecule has 1 fully saturated rings. The van der Waals surface area contributed by atoms with E-state index in [1.807, 2.05) is 26.1 Å². The second kappa shape index (κ2) is 5.43. The number of benzene rings is 1. The summed E-state index contributed by atoms with van der Waals surface area (Å²) in [5, 5.41) is 4.39. The summed E-state index contributed by atoms with van der Waals surface area (Å²) in [4.78, 5) is 26.1. The van der Waals surface area contributed by atoms with Crippen molar-refractivity contribution >= 4 is 23.2 Å². The minimum Gasteiger partial charge on any atom is -0.315 e. The molecule has 1 aromatic rings. The number of anilines is 1. The van der Waals surface area contributed by atoms with Gasteiger partial charge in [-0.05, 0) is 42.0 Å². The minimum atomic E-state index is -0.0232. The summed E-state index contributed by atoms with van der Waals surface area (Å²) in [6, 6.07) is 6.23. The molecule has 4 unspecified atom stereocenters. The van der Waals surface area contributed by atoms with Crippen molar-refractivity contribution in [3.8, 4) is 0 Å². The van der Waals surface area contributed by atoms with E-state index in [9.17, 15) is 9.59 Å². The van der Waals surface area contributed by atoms with Crippen LogP contribution in [0.3, 0.4) is 0 Å². The lowest BCUT2D eigenvalue weighted by molar-refractivity contribution is -0.126. The van der Waals surface area contributed by atoms with Crippen molar-refractivity contribution in [2.75, 3.05) is 11.9 Å². The smallest absolute Gasteiger partial charge is 0.243 e. The van der Waals surface area contributed by atoms with Crippen LogP contribution in [0.2, 0.25) is 0 Å². The van der Waals surface area contributed by atoms with E-state index in [1.165, 1.54) is 5.56 Å². The van der Waals surface area contributed by atoms with Crippen LogP contribution in [0.15, 0.2) is 23.3 Å². The molecule has 3 aliphatic rings. The Morgan fingerprint density at radius 3 is 2.67 bits per heavy atom. The first-order valence-electron chi connectivity index (χ1n) is 8.78. The largest absolute Gasteiger partial charge is 0.315 e. The van der Waals surface area contributed by atoms with Crippen LogP contribution in [-0.4, -0.2) is 24.6 Å². The van der Waals surface area contributed by atoms with Gasteiger partial charge in [-0.2, -0.15) is 5.10 Å². The molecule has 24 heavy (non-hydrogen) atoms.